The quantitative estimate of drug-likeness (QED) is 0.765. The van der Waals surface area contributed by atoms with Crippen molar-refractivity contribution in [1.29, 1.82) is 0 Å². The van der Waals surface area contributed by atoms with Crippen LogP contribution in [0.4, 0.5) is 5.69 Å². The molecule has 0 saturated heterocycles. The lowest BCUT2D eigenvalue weighted by Crippen LogP contribution is -2.34. The van der Waals surface area contributed by atoms with Crippen molar-refractivity contribution in [3.8, 4) is 11.5 Å². The van der Waals surface area contributed by atoms with Gasteiger partial charge in [0.15, 0.2) is 5.11 Å². The largest absolute Gasteiger partial charge is 0.494 e. The lowest BCUT2D eigenvalue weighted by molar-refractivity contribution is 0.0977. The number of thiocarbonyl (C=S) groups is 1. The topological polar surface area (TPSA) is 59.6 Å². The molecule has 0 aliphatic rings. The molecule has 0 atom stereocenters. The molecule has 0 unspecified atom stereocenters. The lowest BCUT2D eigenvalue weighted by atomic mass is 10.2. The van der Waals surface area contributed by atoms with Gasteiger partial charge < -0.3 is 14.8 Å². The van der Waals surface area contributed by atoms with Crippen molar-refractivity contribution < 1.29 is 14.3 Å². The van der Waals surface area contributed by atoms with Gasteiger partial charge in [-0.1, -0.05) is 18.2 Å². The van der Waals surface area contributed by atoms with Crippen molar-refractivity contribution in [2.75, 3.05) is 11.9 Å². The molecule has 0 aliphatic carbocycles. The number of nitrogens with one attached hydrogen (secondary N) is 2. The molecule has 0 fully saturated rings. The van der Waals surface area contributed by atoms with Crippen LogP contribution in [-0.4, -0.2) is 23.7 Å². The number of amides is 1. The zero-order valence-electron chi connectivity index (χ0n) is 14.5. The Labute approximate surface area is 153 Å². The molecular weight excluding hydrogens is 336 g/mol. The molecule has 0 spiro atoms. The molecule has 5 nitrogen and oxygen atoms in total. The van der Waals surface area contributed by atoms with Crippen LogP contribution < -0.4 is 20.1 Å². The molecular formula is C19H22N2O3S. The summed E-state index contributed by atoms with van der Waals surface area (Å²) in [5.41, 5.74) is 1.17. The lowest BCUT2D eigenvalue weighted by Gasteiger charge is -2.16. The SMILES string of the molecule is CCOc1cccc(C(=O)NC(=S)Nc2ccccc2OC(C)C)c1. The van der Waals surface area contributed by atoms with Crippen molar-refractivity contribution in [3.63, 3.8) is 0 Å². The molecule has 25 heavy (non-hydrogen) atoms. The first-order valence-corrected chi connectivity index (χ1v) is 8.51. The van der Waals surface area contributed by atoms with Crippen LogP contribution in [0.3, 0.4) is 0 Å². The third-order valence-electron chi connectivity index (χ3n) is 3.13. The van der Waals surface area contributed by atoms with Gasteiger partial charge in [0.2, 0.25) is 0 Å². The van der Waals surface area contributed by atoms with Crippen LogP contribution in [0.2, 0.25) is 0 Å². The van der Waals surface area contributed by atoms with Gasteiger partial charge in [0.25, 0.3) is 5.91 Å². The van der Waals surface area contributed by atoms with E-state index in [1.165, 1.54) is 0 Å². The summed E-state index contributed by atoms with van der Waals surface area (Å²) in [6.07, 6.45) is 0.0346. The number of ether oxygens (including phenoxy) is 2. The Bertz CT molecular complexity index is 747. The second kappa shape index (κ2) is 9.03. The molecule has 132 valence electrons. The standard InChI is InChI=1S/C19H22N2O3S/c1-4-23-15-9-7-8-14(12-15)18(22)21-19(25)20-16-10-5-6-11-17(16)24-13(2)3/h5-13H,4H2,1-3H3,(H2,20,21,22,25). The summed E-state index contributed by atoms with van der Waals surface area (Å²) >= 11 is 5.24. The van der Waals surface area contributed by atoms with E-state index in [1.54, 1.807) is 24.3 Å². The number of hydrogen-bond donors (Lipinski definition) is 2. The summed E-state index contributed by atoms with van der Waals surface area (Å²) in [4.78, 5) is 12.3. The van der Waals surface area contributed by atoms with E-state index in [1.807, 2.05) is 45.0 Å². The summed E-state index contributed by atoms with van der Waals surface area (Å²) in [6.45, 7) is 6.32. The maximum Gasteiger partial charge on any atom is 0.257 e. The highest BCUT2D eigenvalue weighted by atomic mass is 32.1. The van der Waals surface area contributed by atoms with Crippen LogP contribution in [0, 0.1) is 0 Å². The second-order valence-electron chi connectivity index (χ2n) is 5.53. The highest BCUT2D eigenvalue weighted by Gasteiger charge is 2.11. The van der Waals surface area contributed by atoms with Crippen molar-refractivity contribution in [2.45, 2.75) is 26.9 Å². The predicted molar refractivity (Wildman–Crippen MR) is 104 cm³/mol. The Morgan fingerprint density at radius 2 is 1.92 bits per heavy atom. The second-order valence-corrected chi connectivity index (χ2v) is 5.94. The Kier molecular flexibility index (Phi) is 6.77. The highest BCUT2D eigenvalue weighted by molar-refractivity contribution is 7.80. The highest BCUT2D eigenvalue weighted by Crippen LogP contribution is 2.24. The van der Waals surface area contributed by atoms with Crippen molar-refractivity contribution in [1.82, 2.24) is 5.32 Å². The number of rotatable bonds is 6. The molecule has 0 bridgehead atoms. The Balaban J connectivity index is 2.03. The summed E-state index contributed by atoms with van der Waals surface area (Å²) in [5.74, 6) is 1.01. The average Bonchev–Trinajstić information content (AvgIpc) is 2.56. The van der Waals surface area contributed by atoms with E-state index >= 15 is 0 Å². The van der Waals surface area contributed by atoms with Gasteiger partial charge in [-0.15, -0.1) is 0 Å². The first kappa shape index (κ1) is 18.7. The molecule has 0 saturated carbocycles. The van der Waals surface area contributed by atoms with E-state index in [9.17, 15) is 4.79 Å². The maximum absolute atomic E-state index is 12.3. The monoisotopic (exact) mass is 358 g/mol. The minimum atomic E-state index is -0.304. The van der Waals surface area contributed by atoms with Crippen molar-refractivity contribution in [2.24, 2.45) is 0 Å². The van der Waals surface area contributed by atoms with Gasteiger partial charge in [-0.05, 0) is 63.3 Å². The molecule has 0 aliphatic heterocycles. The number of anilines is 1. The van der Waals surface area contributed by atoms with E-state index in [2.05, 4.69) is 10.6 Å². The van der Waals surface area contributed by atoms with Gasteiger partial charge in [-0.2, -0.15) is 0 Å². The number of benzene rings is 2. The molecule has 0 radical (unpaired) electrons. The van der Waals surface area contributed by atoms with Gasteiger partial charge in [0, 0.05) is 5.56 Å². The third-order valence-corrected chi connectivity index (χ3v) is 3.34. The maximum atomic E-state index is 12.3. The first-order valence-electron chi connectivity index (χ1n) is 8.10. The molecule has 2 aromatic rings. The van der Waals surface area contributed by atoms with E-state index < -0.39 is 0 Å². The summed E-state index contributed by atoms with van der Waals surface area (Å²) in [5, 5.41) is 5.86. The molecule has 2 N–H and O–H groups in total. The minimum Gasteiger partial charge on any atom is -0.494 e. The van der Waals surface area contributed by atoms with Crippen molar-refractivity contribution in [3.05, 3.63) is 54.1 Å². The number of hydrogen-bond acceptors (Lipinski definition) is 4. The fourth-order valence-electron chi connectivity index (χ4n) is 2.15. The Hall–Kier alpha value is -2.60. The van der Waals surface area contributed by atoms with E-state index in [0.29, 0.717) is 29.4 Å². The number of para-hydroxylation sites is 2. The number of carbonyl (C=O) groups is 1. The zero-order chi connectivity index (χ0) is 18.2. The Morgan fingerprint density at radius 3 is 2.64 bits per heavy atom. The van der Waals surface area contributed by atoms with Crippen molar-refractivity contribution >= 4 is 28.9 Å². The van der Waals surface area contributed by atoms with Crippen LogP contribution >= 0.6 is 12.2 Å². The molecule has 1 amide bonds. The third kappa shape index (κ3) is 5.76. The average molecular weight is 358 g/mol. The smallest absolute Gasteiger partial charge is 0.257 e. The van der Waals surface area contributed by atoms with Gasteiger partial charge >= 0.3 is 0 Å². The molecule has 2 rings (SSSR count). The van der Waals surface area contributed by atoms with E-state index in [0.717, 1.165) is 0 Å². The van der Waals surface area contributed by atoms with Crippen LogP contribution in [0.15, 0.2) is 48.5 Å². The summed E-state index contributed by atoms with van der Waals surface area (Å²) in [7, 11) is 0. The molecule has 0 aromatic heterocycles. The molecule has 6 heteroatoms. The van der Waals surface area contributed by atoms with Crippen LogP contribution in [0.1, 0.15) is 31.1 Å². The normalized spacial score (nSPS) is 10.2. The predicted octanol–water partition coefficient (Wildman–Crippen LogP) is 4.00. The van der Waals surface area contributed by atoms with Gasteiger partial charge in [-0.25, -0.2) is 0 Å². The summed E-state index contributed by atoms with van der Waals surface area (Å²) in [6, 6.07) is 14.4. The minimum absolute atomic E-state index is 0.0346. The fourth-order valence-corrected chi connectivity index (χ4v) is 2.35. The van der Waals surface area contributed by atoms with Crippen LogP contribution in [0.25, 0.3) is 0 Å². The fraction of sp³-hybridized carbons (Fsp3) is 0.263. The van der Waals surface area contributed by atoms with Gasteiger partial charge in [-0.3, -0.25) is 10.1 Å². The van der Waals surface area contributed by atoms with E-state index in [4.69, 9.17) is 21.7 Å². The van der Waals surface area contributed by atoms with E-state index in [-0.39, 0.29) is 17.1 Å². The zero-order valence-corrected chi connectivity index (χ0v) is 15.4. The van der Waals surface area contributed by atoms with Crippen LogP contribution in [-0.2, 0) is 0 Å². The van der Waals surface area contributed by atoms with Gasteiger partial charge in [0.05, 0.1) is 18.4 Å². The van der Waals surface area contributed by atoms with Crippen LogP contribution in [0.5, 0.6) is 11.5 Å². The first-order chi connectivity index (χ1) is 12.0. The van der Waals surface area contributed by atoms with Gasteiger partial charge in [0.1, 0.15) is 11.5 Å². The summed E-state index contributed by atoms with van der Waals surface area (Å²) < 4.78 is 11.1. The Morgan fingerprint density at radius 1 is 1.16 bits per heavy atom. The molecule has 0 heterocycles. The molecule has 2 aromatic carbocycles. The number of carbonyl (C=O) groups excluding carboxylic acids is 1.